The van der Waals surface area contributed by atoms with Crippen LogP contribution in [0, 0.1) is 11.2 Å². The Balaban J connectivity index is 2.06. The zero-order chi connectivity index (χ0) is 16.2. The average Bonchev–Trinajstić information content (AvgIpc) is 2.47. The monoisotopic (exact) mass is 308 g/mol. The number of hydrogen-bond donors (Lipinski definition) is 2. The fourth-order valence-electron chi connectivity index (χ4n) is 2.56. The Labute approximate surface area is 131 Å². The van der Waals surface area contributed by atoms with Crippen molar-refractivity contribution in [2.75, 3.05) is 11.9 Å². The highest BCUT2D eigenvalue weighted by Crippen LogP contribution is 2.30. The molecule has 5 heteroatoms. The van der Waals surface area contributed by atoms with E-state index >= 15 is 0 Å². The highest BCUT2D eigenvalue weighted by Gasteiger charge is 2.33. The molecule has 22 heavy (non-hydrogen) atoms. The molecule has 1 saturated carbocycles. The van der Waals surface area contributed by atoms with E-state index in [0.717, 1.165) is 19.3 Å². The van der Waals surface area contributed by atoms with Crippen LogP contribution >= 0.6 is 0 Å². The maximum absolute atomic E-state index is 14.1. The van der Waals surface area contributed by atoms with Crippen LogP contribution in [-0.4, -0.2) is 18.6 Å². The lowest BCUT2D eigenvalue weighted by Crippen LogP contribution is -2.41. The van der Waals surface area contributed by atoms with E-state index in [1.165, 1.54) is 6.07 Å². The number of anilines is 1. The van der Waals surface area contributed by atoms with Crippen LogP contribution in [0.4, 0.5) is 10.1 Å². The van der Waals surface area contributed by atoms with Gasteiger partial charge in [-0.15, -0.1) is 0 Å². The maximum atomic E-state index is 14.1. The van der Waals surface area contributed by atoms with Gasteiger partial charge < -0.3 is 15.8 Å². The molecular formula is C17H25FN2O2. The van der Waals surface area contributed by atoms with E-state index in [9.17, 15) is 9.18 Å². The molecule has 122 valence electrons. The van der Waals surface area contributed by atoms with Crippen molar-refractivity contribution in [3.05, 3.63) is 24.0 Å². The van der Waals surface area contributed by atoms with Crippen molar-refractivity contribution in [2.24, 2.45) is 11.1 Å². The van der Waals surface area contributed by atoms with Crippen LogP contribution in [0.25, 0.3) is 0 Å². The van der Waals surface area contributed by atoms with Gasteiger partial charge in [-0.1, -0.05) is 13.8 Å². The van der Waals surface area contributed by atoms with Gasteiger partial charge in [0.15, 0.2) is 11.6 Å². The first-order chi connectivity index (χ1) is 10.5. The smallest absolute Gasteiger partial charge is 0.231 e. The summed E-state index contributed by atoms with van der Waals surface area (Å²) in [5.41, 5.74) is 5.59. The van der Waals surface area contributed by atoms with Gasteiger partial charge in [0.05, 0.1) is 11.5 Å². The standard InChI is InChI=1S/C17H25FN2O2/c1-3-17(4-2,11-19)16(21)20-12-8-9-15(14(18)10-12)22-13-6-5-7-13/h8-10,13H,3-7,11,19H2,1-2H3,(H,20,21). The number of amides is 1. The molecule has 0 heterocycles. The molecule has 1 amide bonds. The van der Waals surface area contributed by atoms with Gasteiger partial charge in [-0.2, -0.15) is 0 Å². The predicted molar refractivity (Wildman–Crippen MR) is 85.4 cm³/mol. The van der Waals surface area contributed by atoms with E-state index in [2.05, 4.69) is 5.32 Å². The Morgan fingerprint density at radius 2 is 2.09 bits per heavy atom. The Morgan fingerprint density at radius 3 is 2.55 bits per heavy atom. The molecular weight excluding hydrogens is 283 g/mol. The molecule has 0 saturated heterocycles. The van der Waals surface area contributed by atoms with Gasteiger partial charge in [-0.25, -0.2) is 4.39 Å². The summed E-state index contributed by atoms with van der Waals surface area (Å²) in [7, 11) is 0. The van der Waals surface area contributed by atoms with Crippen LogP contribution in [0.15, 0.2) is 18.2 Å². The molecule has 1 fully saturated rings. The first-order valence-electron chi connectivity index (χ1n) is 8.02. The summed E-state index contributed by atoms with van der Waals surface area (Å²) in [4.78, 5) is 12.4. The van der Waals surface area contributed by atoms with Crippen molar-refractivity contribution in [3.63, 3.8) is 0 Å². The number of nitrogens with one attached hydrogen (secondary N) is 1. The lowest BCUT2D eigenvalue weighted by Gasteiger charge is -2.29. The average molecular weight is 308 g/mol. The third-order valence-electron chi connectivity index (χ3n) is 4.76. The summed E-state index contributed by atoms with van der Waals surface area (Å²) in [6, 6.07) is 4.55. The van der Waals surface area contributed by atoms with Crippen LogP contribution in [0.2, 0.25) is 0 Å². The third-order valence-corrected chi connectivity index (χ3v) is 4.76. The first kappa shape index (κ1) is 16.7. The maximum Gasteiger partial charge on any atom is 0.231 e. The summed E-state index contributed by atoms with van der Waals surface area (Å²) in [6.45, 7) is 4.15. The quantitative estimate of drug-likeness (QED) is 0.810. The number of halogens is 1. The number of carbonyl (C=O) groups excluding carboxylic acids is 1. The Kier molecular flexibility index (Phi) is 5.40. The van der Waals surface area contributed by atoms with Gasteiger partial charge >= 0.3 is 0 Å². The summed E-state index contributed by atoms with van der Waals surface area (Å²) < 4.78 is 19.6. The topological polar surface area (TPSA) is 64.4 Å². The lowest BCUT2D eigenvalue weighted by atomic mass is 9.81. The number of ether oxygens (including phenoxy) is 1. The lowest BCUT2D eigenvalue weighted by molar-refractivity contribution is -0.125. The number of rotatable bonds is 7. The molecule has 0 spiro atoms. The second-order valence-electron chi connectivity index (χ2n) is 5.96. The van der Waals surface area contributed by atoms with Crippen molar-refractivity contribution in [1.82, 2.24) is 0 Å². The number of nitrogens with two attached hydrogens (primary N) is 1. The summed E-state index contributed by atoms with van der Waals surface area (Å²) >= 11 is 0. The van der Waals surface area contributed by atoms with Gasteiger partial charge in [-0.05, 0) is 44.2 Å². The van der Waals surface area contributed by atoms with Crippen LogP contribution < -0.4 is 15.8 Å². The zero-order valence-corrected chi connectivity index (χ0v) is 13.3. The Hall–Kier alpha value is -1.62. The van der Waals surface area contributed by atoms with E-state index in [4.69, 9.17) is 10.5 Å². The first-order valence-corrected chi connectivity index (χ1v) is 8.02. The molecule has 4 nitrogen and oxygen atoms in total. The second-order valence-corrected chi connectivity index (χ2v) is 5.96. The molecule has 1 aromatic rings. The van der Waals surface area contributed by atoms with E-state index in [1.807, 2.05) is 13.8 Å². The minimum atomic E-state index is -0.600. The van der Waals surface area contributed by atoms with Crippen molar-refractivity contribution >= 4 is 11.6 Å². The zero-order valence-electron chi connectivity index (χ0n) is 13.3. The van der Waals surface area contributed by atoms with E-state index in [-0.39, 0.29) is 24.3 Å². The molecule has 0 aromatic heterocycles. The Morgan fingerprint density at radius 1 is 1.41 bits per heavy atom. The van der Waals surface area contributed by atoms with Gasteiger partial charge in [0.1, 0.15) is 0 Å². The molecule has 3 N–H and O–H groups in total. The molecule has 0 bridgehead atoms. The number of hydrogen-bond acceptors (Lipinski definition) is 3. The molecule has 0 atom stereocenters. The Bertz CT molecular complexity index is 517. The van der Waals surface area contributed by atoms with E-state index < -0.39 is 11.2 Å². The third kappa shape index (κ3) is 3.40. The van der Waals surface area contributed by atoms with Crippen molar-refractivity contribution in [2.45, 2.75) is 52.1 Å². The van der Waals surface area contributed by atoms with Crippen LogP contribution in [0.5, 0.6) is 5.75 Å². The molecule has 0 unspecified atom stereocenters. The SMILES string of the molecule is CCC(CC)(CN)C(=O)Nc1ccc(OC2CCC2)c(F)c1. The summed E-state index contributed by atoms with van der Waals surface area (Å²) in [5, 5.41) is 2.77. The van der Waals surface area contributed by atoms with Crippen molar-refractivity contribution in [1.29, 1.82) is 0 Å². The predicted octanol–water partition coefficient (Wildman–Crippen LogP) is 3.46. The number of benzene rings is 1. The van der Waals surface area contributed by atoms with Crippen molar-refractivity contribution in [3.8, 4) is 5.75 Å². The minimum absolute atomic E-state index is 0.125. The van der Waals surface area contributed by atoms with E-state index in [0.29, 0.717) is 18.5 Å². The molecule has 1 aliphatic rings. The fourth-order valence-corrected chi connectivity index (χ4v) is 2.56. The molecule has 0 aliphatic heterocycles. The molecule has 0 radical (unpaired) electrons. The molecule has 1 aliphatic carbocycles. The van der Waals surface area contributed by atoms with Crippen LogP contribution in [0.3, 0.4) is 0 Å². The van der Waals surface area contributed by atoms with Crippen LogP contribution in [0.1, 0.15) is 46.0 Å². The van der Waals surface area contributed by atoms with Gasteiger partial charge in [0, 0.05) is 18.3 Å². The molecule has 1 aromatic carbocycles. The second kappa shape index (κ2) is 7.09. The van der Waals surface area contributed by atoms with Gasteiger partial charge in [0.25, 0.3) is 0 Å². The minimum Gasteiger partial charge on any atom is -0.487 e. The largest absolute Gasteiger partial charge is 0.487 e. The highest BCUT2D eigenvalue weighted by molar-refractivity contribution is 5.95. The number of carbonyl (C=O) groups is 1. The fraction of sp³-hybridized carbons (Fsp3) is 0.588. The van der Waals surface area contributed by atoms with E-state index in [1.54, 1.807) is 12.1 Å². The summed E-state index contributed by atoms with van der Waals surface area (Å²) in [5.74, 6) is -0.359. The van der Waals surface area contributed by atoms with Crippen LogP contribution in [-0.2, 0) is 4.79 Å². The van der Waals surface area contributed by atoms with Gasteiger partial charge in [-0.3, -0.25) is 4.79 Å². The molecule has 2 rings (SSSR count). The summed E-state index contributed by atoms with van der Waals surface area (Å²) in [6.07, 6.45) is 4.51. The normalized spacial score (nSPS) is 15.3. The van der Waals surface area contributed by atoms with Crippen molar-refractivity contribution < 1.29 is 13.9 Å². The highest BCUT2D eigenvalue weighted by atomic mass is 19.1. The van der Waals surface area contributed by atoms with Gasteiger partial charge in [0.2, 0.25) is 5.91 Å².